The van der Waals surface area contributed by atoms with Crippen molar-refractivity contribution in [2.45, 2.75) is 32.2 Å². The van der Waals surface area contributed by atoms with Crippen LogP contribution in [0.3, 0.4) is 0 Å². The highest BCUT2D eigenvalue weighted by molar-refractivity contribution is 5.65. The summed E-state index contributed by atoms with van der Waals surface area (Å²) in [5.74, 6) is 2.48. The molecule has 3 heterocycles. The van der Waals surface area contributed by atoms with E-state index in [-0.39, 0.29) is 6.04 Å². The quantitative estimate of drug-likeness (QED) is 0.845. The van der Waals surface area contributed by atoms with Crippen LogP contribution in [0, 0.1) is 0 Å². The normalized spacial score (nSPS) is 16.2. The Morgan fingerprint density at radius 1 is 1.32 bits per heavy atom. The minimum absolute atomic E-state index is 0.272. The first-order valence-electron chi connectivity index (χ1n) is 8.62. The zero-order valence-corrected chi connectivity index (χ0v) is 14.7. The van der Waals surface area contributed by atoms with Gasteiger partial charge in [-0.3, -0.25) is 0 Å². The van der Waals surface area contributed by atoms with E-state index in [1.807, 2.05) is 31.2 Å². The van der Waals surface area contributed by atoms with Gasteiger partial charge in [0.1, 0.15) is 17.5 Å². The fourth-order valence-corrected chi connectivity index (χ4v) is 3.20. The number of nitrogens with one attached hydrogen (secondary N) is 1. The van der Waals surface area contributed by atoms with E-state index < -0.39 is 0 Å². The fourth-order valence-electron chi connectivity index (χ4n) is 3.20. The zero-order valence-electron chi connectivity index (χ0n) is 14.7. The molecule has 1 aliphatic rings. The van der Waals surface area contributed by atoms with E-state index in [4.69, 9.17) is 10.7 Å². The minimum Gasteiger partial charge on any atom is -0.330 e. The molecular formula is C20H25N5. The number of anilines is 2. The summed E-state index contributed by atoms with van der Waals surface area (Å²) >= 11 is 0. The highest BCUT2D eigenvalue weighted by atomic mass is 15.3. The van der Waals surface area contributed by atoms with Gasteiger partial charge in [0.25, 0.3) is 0 Å². The van der Waals surface area contributed by atoms with Crippen LogP contribution in [0.4, 0.5) is 11.6 Å². The molecule has 3 N–H and O–H groups in total. The Labute approximate surface area is 149 Å². The van der Waals surface area contributed by atoms with Crippen molar-refractivity contribution in [3.05, 3.63) is 66.8 Å². The van der Waals surface area contributed by atoms with Crippen LogP contribution in [0.5, 0.6) is 0 Å². The molecule has 1 aliphatic heterocycles. The average molecular weight is 335 g/mol. The van der Waals surface area contributed by atoms with Crippen molar-refractivity contribution >= 4 is 17.2 Å². The monoisotopic (exact) mass is 335 g/mol. The van der Waals surface area contributed by atoms with Crippen molar-refractivity contribution in [3.63, 3.8) is 0 Å². The van der Waals surface area contributed by atoms with Crippen molar-refractivity contribution in [2.24, 2.45) is 5.73 Å². The molecule has 1 atom stereocenters. The van der Waals surface area contributed by atoms with Gasteiger partial charge >= 0.3 is 0 Å². The van der Waals surface area contributed by atoms with Crippen LogP contribution >= 0.6 is 0 Å². The summed E-state index contributed by atoms with van der Waals surface area (Å²) in [5, 5.41) is 3.31. The first-order chi connectivity index (χ1) is 12.1. The van der Waals surface area contributed by atoms with Gasteiger partial charge in [-0.2, -0.15) is 0 Å². The van der Waals surface area contributed by atoms with Crippen LogP contribution in [-0.4, -0.2) is 22.6 Å². The highest BCUT2D eigenvalue weighted by Gasteiger charge is 2.29. The second-order valence-electron chi connectivity index (χ2n) is 6.39. The van der Waals surface area contributed by atoms with Crippen LogP contribution < -0.4 is 16.0 Å². The molecule has 3 rings (SSSR count). The molecule has 2 aromatic rings. The van der Waals surface area contributed by atoms with Crippen LogP contribution in [0.25, 0.3) is 5.57 Å². The number of hydrogen-bond donors (Lipinski definition) is 2. The molecule has 0 aliphatic carbocycles. The molecule has 0 aromatic carbocycles. The van der Waals surface area contributed by atoms with Crippen LogP contribution in [0.2, 0.25) is 0 Å². The zero-order chi connectivity index (χ0) is 17.8. The molecular weight excluding hydrogens is 310 g/mol. The predicted octanol–water partition coefficient (Wildman–Crippen LogP) is 3.56. The van der Waals surface area contributed by atoms with E-state index in [1.54, 1.807) is 6.20 Å². The van der Waals surface area contributed by atoms with E-state index >= 15 is 0 Å². The molecule has 0 spiro atoms. The number of nitrogens with zero attached hydrogens (tertiary/aromatic N) is 3. The largest absolute Gasteiger partial charge is 0.330 e. The maximum atomic E-state index is 5.85. The van der Waals surface area contributed by atoms with Crippen LogP contribution in [-0.2, 0) is 6.42 Å². The summed E-state index contributed by atoms with van der Waals surface area (Å²) in [6, 6.07) is 10.2. The predicted molar refractivity (Wildman–Crippen MR) is 104 cm³/mol. The topological polar surface area (TPSA) is 67.1 Å². The van der Waals surface area contributed by atoms with Gasteiger partial charge in [0.2, 0.25) is 0 Å². The van der Waals surface area contributed by atoms with Gasteiger partial charge in [0.05, 0.1) is 5.69 Å². The number of aryl methyl sites for hydroxylation is 1. The van der Waals surface area contributed by atoms with Crippen molar-refractivity contribution in [1.29, 1.82) is 0 Å². The Morgan fingerprint density at radius 3 is 2.84 bits per heavy atom. The summed E-state index contributed by atoms with van der Waals surface area (Å²) in [4.78, 5) is 11.4. The molecule has 5 nitrogen and oxygen atoms in total. The highest BCUT2D eigenvalue weighted by Crippen LogP contribution is 2.34. The number of nitrogens with two attached hydrogens (primary N) is 1. The molecule has 0 radical (unpaired) electrons. The molecule has 1 unspecified atom stereocenters. The van der Waals surface area contributed by atoms with Gasteiger partial charge < -0.3 is 16.0 Å². The molecule has 0 bridgehead atoms. The lowest BCUT2D eigenvalue weighted by Gasteiger charge is -2.39. The Morgan fingerprint density at radius 2 is 2.16 bits per heavy atom. The molecule has 130 valence electrons. The average Bonchev–Trinajstić information content (AvgIpc) is 2.62. The molecule has 2 aromatic heterocycles. The van der Waals surface area contributed by atoms with Crippen molar-refractivity contribution in [1.82, 2.24) is 9.97 Å². The number of allylic oxidation sites excluding steroid dienone is 1. The summed E-state index contributed by atoms with van der Waals surface area (Å²) < 4.78 is 0. The first kappa shape index (κ1) is 17.2. The Balaban J connectivity index is 1.96. The number of rotatable bonds is 6. The van der Waals surface area contributed by atoms with Crippen LogP contribution in [0.1, 0.15) is 31.0 Å². The molecule has 5 heteroatoms. The smallest absolute Gasteiger partial charge is 0.138 e. The van der Waals surface area contributed by atoms with Crippen molar-refractivity contribution in [3.8, 4) is 0 Å². The summed E-state index contributed by atoms with van der Waals surface area (Å²) in [6.07, 6.45) is 4.67. The standard InChI is InChI=1S/C20H25N5/c1-14(2)18-10-8-16-7-9-17(11-12-21)25(20(16)24-18)15(3)23-19-6-4-5-13-22-19/h4-6,8,10,13,17H,1,3,7,9,11-12,21H2,2H3,(H,22,23). The molecule has 0 saturated carbocycles. The number of fused-ring (bicyclic) bond motifs is 1. The lowest BCUT2D eigenvalue weighted by molar-refractivity contribution is 0.524. The van der Waals surface area contributed by atoms with E-state index in [9.17, 15) is 0 Å². The van der Waals surface area contributed by atoms with E-state index in [0.717, 1.165) is 48.0 Å². The second kappa shape index (κ2) is 7.49. The van der Waals surface area contributed by atoms with Gasteiger partial charge in [-0.15, -0.1) is 0 Å². The molecule has 25 heavy (non-hydrogen) atoms. The van der Waals surface area contributed by atoms with Gasteiger partial charge in [0, 0.05) is 12.2 Å². The van der Waals surface area contributed by atoms with Gasteiger partial charge in [0.15, 0.2) is 0 Å². The van der Waals surface area contributed by atoms with Gasteiger partial charge in [-0.25, -0.2) is 9.97 Å². The van der Waals surface area contributed by atoms with Gasteiger partial charge in [-0.05, 0) is 62.1 Å². The fraction of sp³-hybridized carbons (Fsp3) is 0.300. The van der Waals surface area contributed by atoms with E-state index in [0.29, 0.717) is 6.54 Å². The maximum Gasteiger partial charge on any atom is 0.138 e. The number of hydrogen-bond acceptors (Lipinski definition) is 5. The third-order valence-electron chi connectivity index (χ3n) is 4.46. The first-order valence-corrected chi connectivity index (χ1v) is 8.62. The molecule has 0 saturated heterocycles. The maximum absolute atomic E-state index is 5.85. The minimum atomic E-state index is 0.272. The number of aromatic nitrogens is 2. The lowest BCUT2D eigenvalue weighted by Crippen LogP contribution is -2.42. The summed E-state index contributed by atoms with van der Waals surface area (Å²) in [5.41, 5.74) is 8.93. The molecule has 0 amide bonds. The van der Waals surface area contributed by atoms with Gasteiger partial charge in [-0.1, -0.05) is 25.3 Å². The third kappa shape index (κ3) is 3.72. The molecule has 0 fully saturated rings. The Hall–Kier alpha value is -2.66. The summed E-state index contributed by atoms with van der Waals surface area (Å²) in [7, 11) is 0. The Bertz CT molecular complexity index is 769. The van der Waals surface area contributed by atoms with E-state index in [1.165, 1.54) is 5.56 Å². The van der Waals surface area contributed by atoms with Crippen LogP contribution in [0.15, 0.2) is 55.5 Å². The lowest BCUT2D eigenvalue weighted by atomic mass is 9.96. The van der Waals surface area contributed by atoms with Crippen molar-refractivity contribution < 1.29 is 0 Å². The van der Waals surface area contributed by atoms with E-state index in [2.05, 4.69) is 34.4 Å². The SMILES string of the molecule is C=C(C)c1ccc2c(n1)N(C(=C)Nc1ccccn1)C(CCN)CC2. The van der Waals surface area contributed by atoms with Crippen molar-refractivity contribution in [2.75, 3.05) is 16.8 Å². The third-order valence-corrected chi connectivity index (χ3v) is 4.46. The Kier molecular flexibility index (Phi) is 5.14. The second-order valence-corrected chi connectivity index (χ2v) is 6.39. The number of pyridine rings is 2. The summed E-state index contributed by atoms with van der Waals surface area (Å²) in [6.45, 7) is 10.9.